The van der Waals surface area contributed by atoms with Crippen LogP contribution in [0.25, 0.3) is 0 Å². The third-order valence-electron chi connectivity index (χ3n) is 5.39. The highest BCUT2D eigenvalue weighted by Crippen LogP contribution is 2.42. The van der Waals surface area contributed by atoms with Crippen LogP contribution in [0.3, 0.4) is 0 Å². The van der Waals surface area contributed by atoms with E-state index in [1.54, 1.807) is 23.1 Å². The molecule has 0 spiro atoms. The number of hydrogen-bond acceptors (Lipinski definition) is 3. The third kappa shape index (κ3) is 4.49. The van der Waals surface area contributed by atoms with Crippen molar-refractivity contribution in [3.63, 3.8) is 0 Å². The van der Waals surface area contributed by atoms with Crippen molar-refractivity contribution in [1.29, 1.82) is 0 Å². The molecule has 2 amide bonds. The highest BCUT2D eigenvalue weighted by Gasteiger charge is 2.42. The van der Waals surface area contributed by atoms with Gasteiger partial charge in [-0.1, -0.05) is 48.0 Å². The van der Waals surface area contributed by atoms with E-state index >= 15 is 0 Å². The molecule has 1 N–H and O–H groups in total. The summed E-state index contributed by atoms with van der Waals surface area (Å²) in [6.45, 7) is 3.86. The van der Waals surface area contributed by atoms with Crippen LogP contribution in [0, 0.1) is 19.7 Å². The first-order valence-electron chi connectivity index (χ1n) is 10.1. The van der Waals surface area contributed by atoms with Crippen molar-refractivity contribution >= 4 is 29.3 Å². The van der Waals surface area contributed by atoms with Crippen molar-refractivity contribution in [2.75, 3.05) is 11.1 Å². The molecule has 31 heavy (non-hydrogen) atoms. The van der Waals surface area contributed by atoms with Crippen LogP contribution in [-0.4, -0.2) is 28.5 Å². The van der Waals surface area contributed by atoms with E-state index in [0.717, 1.165) is 16.7 Å². The van der Waals surface area contributed by atoms with Gasteiger partial charge in [0.1, 0.15) is 17.2 Å². The van der Waals surface area contributed by atoms with Gasteiger partial charge >= 0.3 is 0 Å². The molecule has 0 aliphatic carbocycles. The maximum Gasteiger partial charge on any atom is 0.256 e. The molecule has 0 bridgehead atoms. The first-order chi connectivity index (χ1) is 14.9. The number of halogens is 1. The first-order valence-corrected chi connectivity index (χ1v) is 11.1. The monoisotopic (exact) mass is 434 g/mol. The summed E-state index contributed by atoms with van der Waals surface area (Å²) in [5.74, 6) is -0.321. The van der Waals surface area contributed by atoms with Gasteiger partial charge in [0.05, 0.1) is 0 Å². The fourth-order valence-electron chi connectivity index (χ4n) is 3.66. The van der Waals surface area contributed by atoms with Crippen molar-refractivity contribution in [3.05, 3.63) is 101 Å². The third-order valence-corrected chi connectivity index (χ3v) is 6.71. The zero-order chi connectivity index (χ0) is 22.0. The summed E-state index contributed by atoms with van der Waals surface area (Å²) < 4.78 is 13.5. The number of nitrogens with zero attached hydrogens (tertiary/aromatic N) is 1. The minimum atomic E-state index is -0.645. The number of anilines is 1. The van der Waals surface area contributed by atoms with Gasteiger partial charge in [0.25, 0.3) is 5.91 Å². The Morgan fingerprint density at radius 3 is 2.32 bits per heavy atom. The Morgan fingerprint density at radius 1 is 0.968 bits per heavy atom. The Kier molecular flexibility index (Phi) is 6.09. The molecule has 0 saturated carbocycles. The minimum absolute atomic E-state index is 0.207. The Hall–Kier alpha value is -3.12. The molecule has 3 aromatic rings. The summed E-state index contributed by atoms with van der Waals surface area (Å²) >= 11 is 1.51. The van der Waals surface area contributed by atoms with Crippen molar-refractivity contribution in [2.45, 2.75) is 25.3 Å². The Bertz CT molecular complexity index is 1100. The van der Waals surface area contributed by atoms with Crippen LogP contribution in [0.4, 0.5) is 10.1 Å². The number of carbonyl (C=O) groups is 2. The van der Waals surface area contributed by atoms with Crippen LogP contribution in [-0.2, 0) is 4.79 Å². The smallest absolute Gasteiger partial charge is 0.256 e. The predicted octanol–water partition coefficient (Wildman–Crippen LogP) is 5.34. The Balaban J connectivity index is 1.67. The molecule has 1 aliphatic rings. The lowest BCUT2D eigenvalue weighted by molar-refractivity contribution is -0.119. The van der Waals surface area contributed by atoms with Gasteiger partial charge in [-0.05, 0) is 55.3 Å². The van der Waals surface area contributed by atoms with Crippen LogP contribution >= 0.6 is 11.8 Å². The molecule has 158 valence electrons. The number of amides is 2. The van der Waals surface area contributed by atoms with Crippen LogP contribution < -0.4 is 5.32 Å². The summed E-state index contributed by atoms with van der Waals surface area (Å²) in [7, 11) is 0. The lowest BCUT2D eigenvalue weighted by atomic mass is 10.1. The number of benzene rings is 3. The molecule has 1 aliphatic heterocycles. The van der Waals surface area contributed by atoms with E-state index in [-0.39, 0.29) is 23.0 Å². The van der Waals surface area contributed by atoms with Gasteiger partial charge in [-0.25, -0.2) is 4.39 Å². The van der Waals surface area contributed by atoms with Gasteiger partial charge in [-0.15, -0.1) is 11.8 Å². The SMILES string of the molecule is Cc1ccc(NC(=O)C2CSC(c3ccc(F)cc3)N2C(=O)c2ccccc2C)cc1. The zero-order valence-corrected chi connectivity index (χ0v) is 18.2. The van der Waals surface area contributed by atoms with Crippen molar-refractivity contribution < 1.29 is 14.0 Å². The molecule has 4 nitrogen and oxygen atoms in total. The minimum Gasteiger partial charge on any atom is -0.324 e. The summed E-state index contributed by atoms with van der Waals surface area (Å²) in [6.07, 6.45) is 0. The molecule has 2 unspecified atom stereocenters. The summed E-state index contributed by atoms with van der Waals surface area (Å²) in [5, 5.41) is 2.56. The van der Waals surface area contributed by atoms with Gasteiger partial charge in [0.2, 0.25) is 5.91 Å². The molecule has 0 radical (unpaired) electrons. The van der Waals surface area contributed by atoms with Gasteiger partial charge in [-0.2, -0.15) is 0 Å². The molecule has 4 rings (SSSR count). The molecule has 3 aromatic carbocycles. The van der Waals surface area contributed by atoms with E-state index in [1.807, 2.05) is 56.3 Å². The van der Waals surface area contributed by atoms with Crippen molar-refractivity contribution in [1.82, 2.24) is 4.90 Å². The summed E-state index contributed by atoms with van der Waals surface area (Å²) in [5.41, 5.74) is 3.99. The van der Waals surface area contributed by atoms with Gasteiger partial charge in [-0.3, -0.25) is 9.59 Å². The first kappa shape index (κ1) is 21.1. The quantitative estimate of drug-likeness (QED) is 0.603. The van der Waals surface area contributed by atoms with Crippen molar-refractivity contribution in [3.8, 4) is 0 Å². The van der Waals surface area contributed by atoms with Crippen LogP contribution in [0.15, 0.2) is 72.8 Å². The predicted molar refractivity (Wildman–Crippen MR) is 123 cm³/mol. The van der Waals surface area contributed by atoms with E-state index in [9.17, 15) is 14.0 Å². The summed E-state index contributed by atoms with van der Waals surface area (Å²) in [6, 6.07) is 20.4. The molecule has 1 fully saturated rings. The maximum atomic E-state index is 13.6. The lowest BCUT2D eigenvalue weighted by Crippen LogP contribution is -2.45. The molecule has 0 aromatic heterocycles. The number of aryl methyl sites for hydroxylation is 2. The number of rotatable bonds is 4. The molecular weight excluding hydrogens is 411 g/mol. The highest BCUT2D eigenvalue weighted by molar-refractivity contribution is 7.99. The molecule has 2 atom stereocenters. The molecule has 6 heteroatoms. The fourth-order valence-corrected chi connectivity index (χ4v) is 5.08. The standard InChI is InChI=1S/C25H23FN2O2S/c1-16-7-13-20(14-8-16)27-23(29)22-15-31-25(18-9-11-19(26)12-10-18)28(22)24(30)21-6-4-3-5-17(21)2/h3-14,22,25H,15H2,1-2H3,(H,27,29). The Labute approximate surface area is 185 Å². The number of thioether (sulfide) groups is 1. The highest BCUT2D eigenvalue weighted by atomic mass is 32.2. The van der Waals surface area contributed by atoms with Crippen LogP contribution in [0.1, 0.15) is 32.4 Å². The van der Waals surface area contributed by atoms with Crippen molar-refractivity contribution in [2.24, 2.45) is 0 Å². The van der Waals surface area contributed by atoms with E-state index < -0.39 is 6.04 Å². The van der Waals surface area contributed by atoms with Gasteiger partial charge in [0, 0.05) is 17.0 Å². The molecule has 1 saturated heterocycles. The second-order valence-electron chi connectivity index (χ2n) is 7.64. The maximum absolute atomic E-state index is 13.6. The second-order valence-corrected chi connectivity index (χ2v) is 8.75. The molecular formula is C25H23FN2O2S. The number of nitrogens with one attached hydrogen (secondary N) is 1. The van der Waals surface area contributed by atoms with E-state index in [4.69, 9.17) is 0 Å². The average Bonchev–Trinajstić information content (AvgIpc) is 3.21. The zero-order valence-electron chi connectivity index (χ0n) is 17.3. The molecule has 1 heterocycles. The second kappa shape index (κ2) is 8.94. The van der Waals surface area contributed by atoms with Gasteiger partial charge < -0.3 is 10.2 Å². The summed E-state index contributed by atoms with van der Waals surface area (Å²) in [4.78, 5) is 28.4. The lowest BCUT2D eigenvalue weighted by Gasteiger charge is -2.29. The van der Waals surface area contributed by atoms with Gasteiger partial charge in [0.15, 0.2) is 0 Å². The fraction of sp³-hybridized carbons (Fsp3) is 0.200. The van der Waals surface area contributed by atoms with Crippen LogP contribution in [0.2, 0.25) is 0 Å². The van der Waals surface area contributed by atoms with E-state index in [1.165, 1.54) is 23.9 Å². The number of hydrogen-bond donors (Lipinski definition) is 1. The van der Waals surface area contributed by atoms with E-state index in [2.05, 4.69) is 5.32 Å². The largest absolute Gasteiger partial charge is 0.324 e. The number of carbonyl (C=O) groups excluding carboxylic acids is 2. The topological polar surface area (TPSA) is 49.4 Å². The van der Waals surface area contributed by atoms with Crippen LogP contribution in [0.5, 0.6) is 0 Å². The average molecular weight is 435 g/mol. The normalized spacial score (nSPS) is 18.1. The van der Waals surface area contributed by atoms with E-state index in [0.29, 0.717) is 17.0 Å². The Morgan fingerprint density at radius 2 is 1.65 bits per heavy atom.